The smallest absolute Gasteiger partial charge is 0.225 e. The van der Waals surface area contributed by atoms with E-state index in [1.807, 2.05) is 24.3 Å². The number of guanidine groups is 1. The predicted octanol–water partition coefficient (Wildman–Crippen LogP) is 3.42. The van der Waals surface area contributed by atoms with Gasteiger partial charge in [-0.15, -0.1) is 24.0 Å². The third kappa shape index (κ3) is 5.40. The number of fused-ring (bicyclic) bond motifs is 1. The van der Waals surface area contributed by atoms with Gasteiger partial charge in [0, 0.05) is 43.7 Å². The summed E-state index contributed by atoms with van der Waals surface area (Å²) in [5, 5.41) is 9.11. The number of rotatable bonds is 5. The van der Waals surface area contributed by atoms with Crippen molar-refractivity contribution in [3.05, 3.63) is 65.2 Å². The monoisotopic (exact) mass is 500 g/mol. The summed E-state index contributed by atoms with van der Waals surface area (Å²) in [6.07, 6.45) is 0.593. The zero-order chi connectivity index (χ0) is 19.2. The van der Waals surface area contributed by atoms with Crippen molar-refractivity contribution >= 4 is 41.5 Å². The molecule has 5 nitrogen and oxygen atoms in total. The lowest BCUT2D eigenvalue weighted by Gasteiger charge is -2.26. The maximum atomic E-state index is 13.7. The van der Waals surface area contributed by atoms with E-state index in [0.717, 1.165) is 11.3 Å². The Hall–Kier alpha value is -2.23. The number of hydrogen-bond acceptors (Lipinski definition) is 2. The summed E-state index contributed by atoms with van der Waals surface area (Å²) in [6.45, 7) is 0.859. The van der Waals surface area contributed by atoms with E-state index >= 15 is 0 Å². The highest BCUT2D eigenvalue weighted by atomic mass is 127. The third-order valence-electron chi connectivity index (χ3n) is 4.58. The van der Waals surface area contributed by atoms with E-state index < -0.39 is 11.6 Å². The number of halogens is 3. The highest BCUT2D eigenvalue weighted by Crippen LogP contribution is 2.31. The average molecular weight is 500 g/mol. The molecule has 0 saturated heterocycles. The lowest BCUT2D eigenvalue weighted by Crippen LogP contribution is -2.41. The molecule has 2 aromatic carbocycles. The van der Waals surface area contributed by atoms with Crippen LogP contribution in [0, 0.1) is 11.6 Å². The Balaban J connectivity index is 0.00000280. The zero-order valence-corrected chi connectivity index (χ0v) is 17.8. The van der Waals surface area contributed by atoms with Crippen molar-refractivity contribution < 1.29 is 13.6 Å². The quantitative estimate of drug-likeness (QED) is 0.335. The van der Waals surface area contributed by atoms with Gasteiger partial charge in [0.2, 0.25) is 5.91 Å². The van der Waals surface area contributed by atoms with Crippen molar-refractivity contribution in [1.29, 1.82) is 0 Å². The number of benzene rings is 2. The Morgan fingerprint density at radius 3 is 2.57 bits per heavy atom. The summed E-state index contributed by atoms with van der Waals surface area (Å²) in [5.74, 6) is -0.569. The second-order valence-electron chi connectivity index (χ2n) is 6.37. The minimum absolute atomic E-state index is 0. The number of carbonyl (C=O) groups is 1. The van der Waals surface area contributed by atoms with Crippen LogP contribution in [0.1, 0.15) is 23.5 Å². The second kappa shape index (κ2) is 10.4. The van der Waals surface area contributed by atoms with E-state index in [0.29, 0.717) is 25.5 Å². The fourth-order valence-electron chi connectivity index (χ4n) is 3.20. The van der Waals surface area contributed by atoms with Gasteiger partial charge in [-0.25, -0.2) is 8.78 Å². The molecule has 3 rings (SSSR count). The van der Waals surface area contributed by atoms with Crippen molar-refractivity contribution in [2.45, 2.75) is 18.8 Å². The average Bonchev–Trinajstić information content (AvgIpc) is 2.66. The summed E-state index contributed by atoms with van der Waals surface area (Å²) in [4.78, 5) is 16.0. The van der Waals surface area contributed by atoms with Crippen molar-refractivity contribution in [2.24, 2.45) is 4.99 Å². The van der Waals surface area contributed by atoms with E-state index in [-0.39, 0.29) is 47.8 Å². The second-order valence-corrected chi connectivity index (χ2v) is 6.37. The van der Waals surface area contributed by atoms with E-state index in [4.69, 9.17) is 0 Å². The number of nitrogens with one attached hydrogen (secondary N) is 3. The molecule has 150 valence electrons. The molecular formula is C20H23F2IN4O. The van der Waals surface area contributed by atoms with Gasteiger partial charge in [-0.05, 0) is 30.2 Å². The number of carbonyl (C=O) groups excluding carboxylic acids is 1. The van der Waals surface area contributed by atoms with E-state index in [9.17, 15) is 13.6 Å². The fraction of sp³-hybridized carbons (Fsp3) is 0.300. The number of nitrogens with zero attached hydrogens (tertiary/aromatic N) is 1. The molecule has 0 saturated carbocycles. The number of para-hydroxylation sites is 1. The molecule has 28 heavy (non-hydrogen) atoms. The van der Waals surface area contributed by atoms with Crippen LogP contribution in [0.5, 0.6) is 0 Å². The van der Waals surface area contributed by atoms with E-state index in [2.05, 4.69) is 20.9 Å². The van der Waals surface area contributed by atoms with Crippen LogP contribution in [0.2, 0.25) is 0 Å². The first-order chi connectivity index (χ1) is 13.1. The lowest BCUT2D eigenvalue weighted by atomic mass is 9.90. The first-order valence-corrected chi connectivity index (χ1v) is 8.84. The fourth-order valence-corrected chi connectivity index (χ4v) is 3.20. The summed E-state index contributed by atoms with van der Waals surface area (Å²) >= 11 is 0. The van der Waals surface area contributed by atoms with Crippen LogP contribution in [0.4, 0.5) is 14.5 Å². The largest absolute Gasteiger partial charge is 0.356 e. The number of amides is 1. The maximum Gasteiger partial charge on any atom is 0.225 e. The van der Waals surface area contributed by atoms with Crippen molar-refractivity contribution in [3.63, 3.8) is 0 Å². The first kappa shape index (κ1) is 22.1. The highest BCUT2D eigenvalue weighted by molar-refractivity contribution is 14.0. The van der Waals surface area contributed by atoms with Crippen LogP contribution in [0.25, 0.3) is 0 Å². The standard InChI is InChI=1S/C20H22F2N4O.HI/c1-23-20(24-10-9-15-16(21)6-4-7-17(15)22)25-12-13-11-19(27)26-18-8-3-2-5-14(13)18;/h2-8,13H,9-12H2,1H3,(H,26,27)(H2,23,24,25);1H. The van der Waals surface area contributed by atoms with Crippen LogP contribution in [-0.2, 0) is 11.2 Å². The number of aliphatic imine (C=N–C) groups is 1. The molecule has 0 bridgehead atoms. The highest BCUT2D eigenvalue weighted by Gasteiger charge is 2.24. The van der Waals surface area contributed by atoms with Gasteiger partial charge < -0.3 is 16.0 Å². The zero-order valence-electron chi connectivity index (χ0n) is 15.5. The van der Waals surface area contributed by atoms with Crippen molar-refractivity contribution in [3.8, 4) is 0 Å². The van der Waals surface area contributed by atoms with Crippen LogP contribution >= 0.6 is 24.0 Å². The molecule has 3 N–H and O–H groups in total. The summed E-state index contributed by atoms with van der Waals surface area (Å²) in [6, 6.07) is 11.6. The topological polar surface area (TPSA) is 65.5 Å². The Kier molecular flexibility index (Phi) is 8.16. The Bertz CT molecular complexity index is 840. The molecule has 1 heterocycles. The van der Waals surface area contributed by atoms with Gasteiger partial charge in [-0.3, -0.25) is 9.79 Å². The number of hydrogen-bond donors (Lipinski definition) is 3. The minimum atomic E-state index is -0.551. The van der Waals surface area contributed by atoms with E-state index in [1.165, 1.54) is 18.2 Å². The van der Waals surface area contributed by atoms with Gasteiger partial charge in [0.05, 0.1) is 0 Å². The van der Waals surface area contributed by atoms with Gasteiger partial charge in [0.25, 0.3) is 0 Å². The number of anilines is 1. The van der Waals surface area contributed by atoms with Gasteiger partial charge in [-0.1, -0.05) is 24.3 Å². The summed E-state index contributed by atoms with van der Waals surface area (Å²) < 4.78 is 27.3. The molecule has 1 atom stereocenters. The molecular weight excluding hydrogens is 477 g/mol. The van der Waals surface area contributed by atoms with Crippen LogP contribution in [-0.4, -0.2) is 32.0 Å². The minimum Gasteiger partial charge on any atom is -0.356 e. The summed E-state index contributed by atoms with van der Waals surface area (Å²) in [5.41, 5.74) is 1.96. The van der Waals surface area contributed by atoms with E-state index in [1.54, 1.807) is 7.05 Å². The lowest BCUT2D eigenvalue weighted by molar-refractivity contribution is -0.116. The molecule has 1 aliphatic rings. The molecule has 8 heteroatoms. The maximum absolute atomic E-state index is 13.7. The predicted molar refractivity (Wildman–Crippen MR) is 117 cm³/mol. The Morgan fingerprint density at radius 1 is 1.14 bits per heavy atom. The molecule has 0 aliphatic carbocycles. The van der Waals surface area contributed by atoms with Crippen molar-refractivity contribution in [1.82, 2.24) is 10.6 Å². The van der Waals surface area contributed by atoms with Gasteiger partial charge in [0.15, 0.2) is 5.96 Å². The normalized spacial score (nSPS) is 15.9. The molecule has 0 spiro atoms. The Labute approximate surface area is 180 Å². The molecule has 1 unspecified atom stereocenters. The van der Waals surface area contributed by atoms with Crippen LogP contribution in [0.15, 0.2) is 47.5 Å². The SMILES string of the molecule is CN=C(NCCc1c(F)cccc1F)NCC1CC(=O)Nc2ccccc21.I. The summed E-state index contributed by atoms with van der Waals surface area (Å²) in [7, 11) is 1.63. The molecule has 0 radical (unpaired) electrons. The van der Waals surface area contributed by atoms with Gasteiger partial charge in [0.1, 0.15) is 11.6 Å². The van der Waals surface area contributed by atoms with Crippen LogP contribution < -0.4 is 16.0 Å². The molecule has 0 aromatic heterocycles. The Morgan fingerprint density at radius 2 is 1.86 bits per heavy atom. The molecule has 0 fully saturated rings. The van der Waals surface area contributed by atoms with Gasteiger partial charge >= 0.3 is 0 Å². The molecule has 1 aliphatic heterocycles. The third-order valence-corrected chi connectivity index (χ3v) is 4.58. The molecule has 1 amide bonds. The van der Waals surface area contributed by atoms with Gasteiger partial charge in [-0.2, -0.15) is 0 Å². The van der Waals surface area contributed by atoms with Crippen LogP contribution in [0.3, 0.4) is 0 Å². The molecule has 2 aromatic rings. The van der Waals surface area contributed by atoms with Crippen molar-refractivity contribution in [2.75, 3.05) is 25.5 Å². The first-order valence-electron chi connectivity index (χ1n) is 8.84.